The van der Waals surface area contributed by atoms with Crippen LogP contribution in [-0.4, -0.2) is 171 Å². The molecule has 0 bridgehead atoms. The quantitative estimate of drug-likeness (QED) is 0.0354. The molecule has 3 aliphatic heterocycles. The van der Waals surface area contributed by atoms with Crippen LogP contribution in [0.2, 0.25) is 15.1 Å². The normalized spacial score (nSPS) is 13.8. The van der Waals surface area contributed by atoms with Crippen molar-refractivity contribution in [3.8, 4) is 51.0 Å². The summed E-state index contributed by atoms with van der Waals surface area (Å²) in [5.41, 5.74) is 29.5. The van der Waals surface area contributed by atoms with Crippen molar-refractivity contribution in [3.63, 3.8) is 0 Å². The number of aromatic nitrogens is 9. The summed E-state index contributed by atoms with van der Waals surface area (Å²) in [6.45, 7) is 10.7. The van der Waals surface area contributed by atoms with E-state index in [0.717, 1.165) is 115 Å². The van der Waals surface area contributed by atoms with Gasteiger partial charge in [0.05, 0.1) is 89.1 Å². The van der Waals surface area contributed by atoms with Gasteiger partial charge in [-0.3, -0.25) is 13.2 Å². The number of nitrogens with zero attached hydrogens (tertiary/aromatic N) is 12. The van der Waals surface area contributed by atoms with E-state index in [-0.39, 0.29) is 36.9 Å². The van der Waals surface area contributed by atoms with Gasteiger partial charge in [0.2, 0.25) is 17.3 Å². The summed E-state index contributed by atoms with van der Waals surface area (Å²) in [5, 5.41) is 41.0. The molecule has 0 atom stereocenters. The zero-order valence-corrected chi connectivity index (χ0v) is 58.2. The van der Waals surface area contributed by atoms with Gasteiger partial charge in [-0.1, -0.05) is 34.8 Å². The molecular formula is C62H81BrCl3Cu2N19O7. The molecule has 0 amide bonds. The molecule has 14 N–H and O–H groups in total. The second-order valence-electron chi connectivity index (χ2n) is 21.6. The topological polar surface area (TPSA) is 346 Å². The first-order chi connectivity index (χ1) is 45.3. The fourth-order valence-electron chi connectivity index (χ4n) is 10.9. The van der Waals surface area contributed by atoms with Gasteiger partial charge in [0.25, 0.3) is 0 Å². The van der Waals surface area contributed by atoms with Crippen LogP contribution in [0, 0.1) is 0 Å². The third-order valence-electron chi connectivity index (χ3n) is 15.5. The van der Waals surface area contributed by atoms with Crippen LogP contribution in [0.1, 0.15) is 55.2 Å². The number of fused-ring (bicyclic) bond motifs is 3. The van der Waals surface area contributed by atoms with Gasteiger partial charge in [-0.2, -0.15) is 15.0 Å². The molecule has 3 aromatic carbocycles. The zero-order valence-electron chi connectivity index (χ0n) is 52.5. The number of methoxy groups -OCH3 is 3. The predicted molar refractivity (Wildman–Crippen MR) is 367 cm³/mol. The zero-order chi connectivity index (χ0) is 66.6. The molecule has 0 spiro atoms. The molecule has 94 heavy (non-hydrogen) atoms. The van der Waals surface area contributed by atoms with Crippen molar-refractivity contribution >= 4 is 96.9 Å². The van der Waals surface area contributed by atoms with Crippen molar-refractivity contribution in [2.24, 2.45) is 22.9 Å². The number of hydrogen-bond acceptors (Lipinski definition) is 23. The molecule has 1 radical (unpaired) electrons. The molecule has 3 saturated heterocycles. The molecule has 0 unspecified atom stereocenters. The number of piperidine rings is 2. The number of piperazine rings is 1. The summed E-state index contributed by atoms with van der Waals surface area (Å²) >= 11 is 25.5. The first-order valence-electron chi connectivity index (χ1n) is 30.4. The summed E-state index contributed by atoms with van der Waals surface area (Å²) in [4.78, 5) is 35.4. The number of imidazole rings is 3. The van der Waals surface area contributed by atoms with E-state index in [1.165, 1.54) is 25.7 Å². The van der Waals surface area contributed by atoms with E-state index in [1.807, 2.05) is 50.4 Å². The Bertz CT molecular complexity index is 3740. The minimum absolute atomic E-state index is 0. The van der Waals surface area contributed by atoms with E-state index < -0.39 is 0 Å². The Morgan fingerprint density at radius 1 is 0.489 bits per heavy atom. The van der Waals surface area contributed by atoms with Gasteiger partial charge in [-0.05, 0) is 108 Å². The summed E-state index contributed by atoms with van der Waals surface area (Å²) in [7, 11) is 4.65. The standard InChI is InChI=1S/C21H27ClN6O2.C20H26ClN7O2.C19H20BrClN4O2.C2H8N2.2Cu.O/c1-30-19-9-14(13-29)15(10-16(19)22)17-11-28-12-18(24-6-5-23)20(26-21(28)25-17)27-7-3-2-4-8-27;1-30-18-8-13(12-29)14(9-15(18)21)16-10-28-11-17(24-3-2-22)19(26-20(28)25-16)27-6-4-23-5-7-27;1-27-17-7-12(11-26)13(8-15(17)21)16-10-25-9-14(20)18(23-19(25)22-16)24-5-3-2-4-6-24;3-1-2-4;;;/h9-12,24,29H,2-8,13,23H2,1H3;8-11,23-24,29H,2-7,12,22H2,1H3;7-10,26H,2-6,11H2,1H3;1-4H2;;;. The molecule has 32 heteroatoms. The van der Waals surface area contributed by atoms with Crippen molar-refractivity contribution < 1.29 is 66.4 Å². The van der Waals surface area contributed by atoms with Crippen LogP contribution in [-0.2, 0) is 56.7 Å². The maximum atomic E-state index is 9.84. The third-order valence-corrected chi connectivity index (χ3v) is 17.0. The number of nitrogens with one attached hydrogen (secondary N) is 3. The van der Waals surface area contributed by atoms with E-state index in [1.54, 1.807) is 57.7 Å². The Balaban J connectivity index is 0.000000190. The van der Waals surface area contributed by atoms with Crippen LogP contribution in [0.5, 0.6) is 17.2 Å². The Morgan fingerprint density at radius 2 is 0.819 bits per heavy atom. The van der Waals surface area contributed by atoms with Crippen molar-refractivity contribution in [1.29, 1.82) is 0 Å². The molecule has 6 aromatic heterocycles. The Kier molecular flexibility index (Phi) is 29.9. The number of aliphatic hydroxyl groups excluding tert-OH is 3. The monoisotopic (exact) mass is 1510 g/mol. The number of anilines is 5. The SMILES string of the molecule is COc1cc(CO)c(-c2cn3cc(Br)c(N4CCCCC4)nc3n2)cc1Cl.COc1cc(CO)c(-c2cn3cc(NCCN)c(N4CCCCC4)nc3n2)cc1Cl.COc1cc(CO)c(-c2cn3cc(NCCN)c(N4CCNCC4)nc3n2)cc1Cl.NCCN.[Cu].[O]=[Cu]. The van der Waals surface area contributed by atoms with Crippen molar-refractivity contribution in [3.05, 3.63) is 110 Å². The van der Waals surface area contributed by atoms with Crippen LogP contribution in [0.25, 0.3) is 51.1 Å². The average Bonchev–Trinajstić information content (AvgIpc) is 1.64. The van der Waals surface area contributed by atoms with Gasteiger partial charge < -0.3 is 83.1 Å². The maximum absolute atomic E-state index is 9.84. The summed E-state index contributed by atoms with van der Waals surface area (Å²) in [6.07, 6.45) is 18.8. The average molecular weight is 1520 g/mol. The molecular weight excluding hydrogens is 1440 g/mol. The van der Waals surface area contributed by atoms with E-state index in [9.17, 15) is 15.3 Å². The van der Waals surface area contributed by atoms with Gasteiger partial charge in [0.15, 0.2) is 11.6 Å². The summed E-state index contributed by atoms with van der Waals surface area (Å²) in [6, 6.07) is 10.5. The molecule has 516 valence electrons. The van der Waals surface area contributed by atoms with Crippen molar-refractivity contribution in [2.75, 3.05) is 138 Å². The Hall–Kier alpha value is -6.21. The molecule has 9 heterocycles. The number of benzene rings is 3. The second-order valence-corrected chi connectivity index (χ2v) is 23.7. The number of ether oxygens (including phenoxy) is 3. The van der Waals surface area contributed by atoms with Crippen molar-refractivity contribution in [1.82, 2.24) is 48.4 Å². The fourth-order valence-corrected chi connectivity index (χ4v) is 12.2. The minimum atomic E-state index is -0.153. The summed E-state index contributed by atoms with van der Waals surface area (Å²) in [5.74, 6) is 6.05. The van der Waals surface area contributed by atoms with E-state index in [2.05, 4.69) is 67.5 Å². The second kappa shape index (κ2) is 37.3. The summed E-state index contributed by atoms with van der Waals surface area (Å²) < 4.78 is 30.2. The van der Waals surface area contributed by atoms with Crippen LogP contribution in [0.15, 0.2) is 78.1 Å². The molecule has 9 aromatic rings. The van der Waals surface area contributed by atoms with Gasteiger partial charge in [-0.25, -0.2) is 15.0 Å². The van der Waals surface area contributed by atoms with E-state index in [0.29, 0.717) is 123 Å². The number of hydrogen-bond donors (Lipinski definition) is 10. The van der Waals surface area contributed by atoms with Gasteiger partial charge in [-0.15, -0.1) is 0 Å². The number of nitrogens with two attached hydrogens (primary N) is 4. The molecule has 3 aliphatic rings. The number of rotatable bonds is 19. The molecule has 3 fully saturated rings. The first kappa shape index (κ1) is 75.2. The van der Waals surface area contributed by atoms with Crippen molar-refractivity contribution in [2.45, 2.75) is 58.3 Å². The van der Waals surface area contributed by atoms with Gasteiger partial charge in [0.1, 0.15) is 23.1 Å². The van der Waals surface area contributed by atoms with Gasteiger partial charge in [0, 0.05) is 163 Å². The first-order valence-corrected chi connectivity index (χ1v) is 32.8. The van der Waals surface area contributed by atoms with Crippen LogP contribution < -0.4 is 67.8 Å². The molecule has 0 saturated carbocycles. The molecule has 0 aliphatic carbocycles. The van der Waals surface area contributed by atoms with E-state index >= 15 is 0 Å². The van der Waals surface area contributed by atoms with Crippen LogP contribution in [0.3, 0.4) is 0 Å². The van der Waals surface area contributed by atoms with Gasteiger partial charge >= 0.3 is 19.8 Å². The molecule has 26 nitrogen and oxygen atoms in total. The van der Waals surface area contributed by atoms with Crippen LogP contribution >= 0.6 is 50.7 Å². The Labute approximate surface area is 588 Å². The fraction of sp³-hybridized carbons (Fsp3) is 0.419. The van der Waals surface area contributed by atoms with E-state index in [4.69, 9.17) is 101 Å². The van der Waals surface area contributed by atoms with Crippen LogP contribution in [0.4, 0.5) is 28.8 Å². The molecule has 12 rings (SSSR count). The number of aliphatic hydroxyl groups is 3. The third kappa shape index (κ3) is 18.5. The number of halogens is 4. The Morgan fingerprint density at radius 3 is 1.15 bits per heavy atom. The predicted octanol–water partition coefficient (Wildman–Crippen LogP) is 7.33.